The van der Waals surface area contributed by atoms with E-state index >= 15 is 0 Å². The fourth-order valence-corrected chi connectivity index (χ4v) is 3.86. The number of nitrogen functional groups attached to an aromatic ring is 1. The van der Waals surface area contributed by atoms with E-state index in [1.54, 1.807) is 48.5 Å². The van der Waals surface area contributed by atoms with Crippen molar-refractivity contribution in [2.45, 2.75) is 12.6 Å². The Bertz CT molecular complexity index is 778. The predicted molar refractivity (Wildman–Crippen MR) is 85.4 cm³/mol. The maximum atomic E-state index is 12.5. The van der Waals surface area contributed by atoms with Crippen molar-refractivity contribution in [2.75, 3.05) is 16.6 Å². The molecule has 7 heteroatoms. The van der Waals surface area contributed by atoms with Gasteiger partial charge in [0, 0.05) is 12.2 Å². The van der Waals surface area contributed by atoms with Gasteiger partial charge in [0.15, 0.2) is 0 Å². The Hall–Kier alpha value is -2.09. The molecule has 1 aliphatic heterocycles. The minimum atomic E-state index is -3.84. The van der Waals surface area contributed by atoms with Crippen molar-refractivity contribution in [2.24, 2.45) is 0 Å². The molecule has 0 aromatic heterocycles. The normalized spacial score (nSPS) is 15.6. The standard InChI is InChI=1S/C15H17N3O3S/c16-13-6-7-14-12(10-13)8-9-18(14)22(20,21)17-15(19)11-4-2-1-3-5-11/h1-7,10,15,17,19H,8-9,16H2. The highest BCUT2D eigenvalue weighted by molar-refractivity contribution is 7.90. The van der Waals surface area contributed by atoms with E-state index in [0.29, 0.717) is 29.9 Å². The SMILES string of the molecule is Nc1ccc2c(c1)CCN2S(=O)(=O)NC(O)c1ccccc1. The van der Waals surface area contributed by atoms with E-state index in [2.05, 4.69) is 4.72 Å². The van der Waals surface area contributed by atoms with Gasteiger partial charge in [-0.25, -0.2) is 0 Å². The molecule has 1 heterocycles. The molecule has 0 radical (unpaired) electrons. The first-order valence-corrected chi connectivity index (χ1v) is 8.33. The van der Waals surface area contributed by atoms with Gasteiger partial charge in [0.2, 0.25) is 0 Å². The molecule has 0 saturated carbocycles. The Labute approximate surface area is 129 Å². The molecule has 0 aliphatic carbocycles. The lowest BCUT2D eigenvalue weighted by Crippen LogP contribution is -2.41. The van der Waals surface area contributed by atoms with Crippen LogP contribution in [0.15, 0.2) is 48.5 Å². The van der Waals surface area contributed by atoms with Crippen molar-refractivity contribution in [3.05, 3.63) is 59.7 Å². The smallest absolute Gasteiger partial charge is 0.304 e. The second-order valence-corrected chi connectivity index (χ2v) is 6.77. The summed E-state index contributed by atoms with van der Waals surface area (Å²) in [5, 5.41) is 10.1. The van der Waals surface area contributed by atoms with Crippen molar-refractivity contribution in [3.8, 4) is 0 Å². The molecule has 22 heavy (non-hydrogen) atoms. The number of hydrogen-bond donors (Lipinski definition) is 3. The zero-order valence-electron chi connectivity index (χ0n) is 11.8. The molecule has 1 unspecified atom stereocenters. The van der Waals surface area contributed by atoms with Crippen LogP contribution in [-0.2, 0) is 16.6 Å². The van der Waals surface area contributed by atoms with E-state index in [1.165, 1.54) is 4.31 Å². The molecule has 0 spiro atoms. The number of nitrogens with zero attached hydrogens (tertiary/aromatic N) is 1. The summed E-state index contributed by atoms with van der Waals surface area (Å²) in [5.41, 5.74) is 8.30. The molecule has 6 nitrogen and oxygen atoms in total. The van der Waals surface area contributed by atoms with E-state index in [1.807, 2.05) is 0 Å². The Morgan fingerprint density at radius 2 is 1.91 bits per heavy atom. The van der Waals surface area contributed by atoms with Gasteiger partial charge in [0.1, 0.15) is 6.23 Å². The monoisotopic (exact) mass is 319 g/mol. The number of anilines is 2. The molecule has 1 atom stereocenters. The van der Waals surface area contributed by atoms with Crippen LogP contribution in [0.5, 0.6) is 0 Å². The lowest BCUT2D eigenvalue weighted by Gasteiger charge is -2.22. The predicted octanol–water partition coefficient (Wildman–Crippen LogP) is 1.16. The van der Waals surface area contributed by atoms with Crippen molar-refractivity contribution < 1.29 is 13.5 Å². The van der Waals surface area contributed by atoms with Crippen LogP contribution in [0.1, 0.15) is 17.4 Å². The summed E-state index contributed by atoms with van der Waals surface area (Å²) in [5.74, 6) is 0. The van der Waals surface area contributed by atoms with Crippen molar-refractivity contribution in [1.82, 2.24) is 4.72 Å². The molecule has 116 valence electrons. The molecular weight excluding hydrogens is 302 g/mol. The molecule has 0 bridgehead atoms. The lowest BCUT2D eigenvalue weighted by atomic mass is 10.1. The van der Waals surface area contributed by atoms with Crippen molar-refractivity contribution >= 4 is 21.6 Å². The zero-order chi connectivity index (χ0) is 15.7. The summed E-state index contributed by atoms with van der Waals surface area (Å²) in [6.45, 7) is 0.329. The number of aliphatic hydroxyl groups is 1. The minimum Gasteiger partial charge on any atom is -0.399 e. The summed E-state index contributed by atoms with van der Waals surface area (Å²) in [7, 11) is -3.84. The molecule has 2 aromatic rings. The quantitative estimate of drug-likeness (QED) is 0.582. The summed E-state index contributed by atoms with van der Waals surface area (Å²) in [4.78, 5) is 0. The van der Waals surface area contributed by atoms with E-state index < -0.39 is 16.4 Å². The zero-order valence-corrected chi connectivity index (χ0v) is 12.6. The number of nitrogens with one attached hydrogen (secondary N) is 1. The third-order valence-corrected chi connectivity index (χ3v) is 5.10. The van der Waals surface area contributed by atoms with Crippen LogP contribution in [0.25, 0.3) is 0 Å². The maximum Gasteiger partial charge on any atom is 0.304 e. The van der Waals surface area contributed by atoms with Crippen LogP contribution in [0, 0.1) is 0 Å². The van der Waals surface area contributed by atoms with Gasteiger partial charge < -0.3 is 10.8 Å². The number of rotatable bonds is 4. The summed E-state index contributed by atoms with van der Waals surface area (Å²) in [6, 6.07) is 13.7. The number of hydrogen-bond acceptors (Lipinski definition) is 4. The number of benzene rings is 2. The molecule has 2 aromatic carbocycles. The van der Waals surface area contributed by atoms with Gasteiger partial charge in [-0.05, 0) is 35.7 Å². The topological polar surface area (TPSA) is 95.7 Å². The highest BCUT2D eigenvalue weighted by Gasteiger charge is 2.31. The third kappa shape index (κ3) is 2.78. The van der Waals surface area contributed by atoms with Crippen LogP contribution in [-0.4, -0.2) is 20.1 Å². The van der Waals surface area contributed by atoms with E-state index in [-0.39, 0.29) is 0 Å². The Morgan fingerprint density at radius 3 is 2.64 bits per heavy atom. The fourth-order valence-electron chi connectivity index (χ4n) is 2.55. The fraction of sp³-hybridized carbons (Fsp3) is 0.200. The minimum absolute atomic E-state index is 0.329. The van der Waals surface area contributed by atoms with Crippen LogP contribution >= 0.6 is 0 Å². The van der Waals surface area contributed by atoms with Gasteiger partial charge in [-0.2, -0.15) is 13.1 Å². The van der Waals surface area contributed by atoms with Crippen molar-refractivity contribution in [1.29, 1.82) is 0 Å². The largest absolute Gasteiger partial charge is 0.399 e. The van der Waals surface area contributed by atoms with Gasteiger partial charge in [-0.3, -0.25) is 4.31 Å². The number of fused-ring (bicyclic) bond motifs is 1. The van der Waals surface area contributed by atoms with E-state index in [4.69, 9.17) is 5.73 Å². The third-order valence-electron chi connectivity index (χ3n) is 3.62. The lowest BCUT2D eigenvalue weighted by molar-refractivity contribution is 0.166. The second-order valence-electron chi connectivity index (χ2n) is 5.15. The Kier molecular flexibility index (Phi) is 3.78. The maximum absolute atomic E-state index is 12.5. The molecule has 0 saturated heterocycles. The molecule has 3 rings (SSSR count). The second kappa shape index (κ2) is 5.60. The van der Waals surface area contributed by atoms with Crippen LogP contribution in [0.3, 0.4) is 0 Å². The van der Waals surface area contributed by atoms with Gasteiger partial charge in [-0.15, -0.1) is 0 Å². The van der Waals surface area contributed by atoms with Gasteiger partial charge in [0.05, 0.1) is 5.69 Å². The first-order chi connectivity index (χ1) is 10.5. The number of nitrogens with two attached hydrogens (primary N) is 1. The molecule has 1 aliphatic rings. The van der Waals surface area contributed by atoms with Crippen molar-refractivity contribution in [3.63, 3.8) is 0 Å². The summed E-state index contributed by atoms with van der Waals surface area (Å²) in [6.07, 6.45) is -0.688. The molecule has 0 fully saturated rings. The van der Waals surface area contributed by atoms with E-state index in [0.717, 1.165) is 5.56 Å². The summed E-state index contributed by atoms with van der Waals surface area (Å²) < 4.78 is 28.5. The Morgan fingerprint density at radius 1 is 1.18 bits per heavy atom. The van der Waals surface area contributed by atoms with Crippen LogP contribution in [0.4, 0.5) is 11.4 Å². The average Bonchev–Trinajstić information content (AvgIpc) is 2.91. The molecule has 0 amide bonds. The van der Waals surface area contributed by atoms with Crippen LogP contribution < -0.4 is 14.8 Å². The first kappa shape index (κ1) is 14.8. The highest BCUT2D eigenvalue weighted by Crippen LogP contribution is 2.31. The van der Waals surface area contributed by atoms with E-state index in [9.17, 15) is 13.5 Å². The molecular formula is C15H17N3O3S. The number of aliphatic hydroxyl groups excluding tert-OH is 1. The molecule has 4 N–H and O–H groups in total. The van der Waals surface area contributed by atoms with Gasteiger partial charge in [0.25, 0.3) is 0 Å². The van der Waals surface area contributed by atoms with Crippen LogP contribution in [0.2, 0.25) is 0 Å². The summed E-state index contributed by atoms with van der Waals surface area (Å²) >= 11 is 0. The highest BCUT2D eigenvalue weighted by atomic mass is 32.2. The van der Waals surface area contributed by atoms with Gasteiger partial charge in [-0.1, -0.05) is 30.3 Å². The first-order valence-electron chi connectivity index (χ1n) is 6.89. The average molecular weight is 319 g/mol. The van der Waals surface area contributed by atoms with Gasteiger partial charge >= 0.3 is 10.2 Å². The Balaban J connectivity index is 1.83.